The summed E-state index contributed by atoms with van der Waals surface area (Å²) in [7, 11) is 0. The van der Waals surface area contributed by atoms with Crippen molar-refractivity contribution in [2.75, 3.05) is 18.0 Å². The van der Waals surface area contributed by atoms with Gasteiger partial charge < -0.3 is 9.42 Å². The zero-order valence-corrected chi connectivity index (χ0v) is 19.1. The van der Waals surface area contributed by atoms with Crippen LogP contribution in [0.15, 0.2) is 57.5 Å². The topological polar surface area (TPSA) is 62.5 Å². The number of hydrogen-bond donors (Lipinski definition) is 0. The number of fused-ring (bicyclic) bond motifs is 1. The molecule has 0 bridgehead atoms. The van der Waals surface area contributed by atoms with Crippen LogP contribution in [0.5, 0.6) is 0 Å². The minimum atomic E-state index is 0.0739. The number of hydrogen-bond acceptors (Lipinski definition) is 5. The van der Waals surface area contributed by atoms with Gasteiger partial charge in [0.2, 0.25) is 17.6 Å². The van der Waals surface area contributed by atoms with Gasteiger partial charge in [-0.1, -0.05) is 51.4 Å². The van der Waals surface area contributed by atoms with E-state index in [-0.39, 0.29) is 17.9 Å². The first-order valence-electron chi connectivity index (χ1n) is 10.8. The van der Waals surface area contributed by atoms with Crippen molar-refractivity contribution in [3.63, 3.8) is 0 Å². The summed E-state index contributed by atoms with van der Waals surface area (Å²) >= 11 is 3.47. The van der Waals surface area contributed by atoms with Crippen molar-refractivity contribution in [2.45, 2.75) is 38.8 Å². The molecule has 160 valence electrons. The second-order valence-corrected chi connectivity index (χ2v) is 9.38. The second-order valence-electron chi connectivity index (χ2n) is 8.46. The molecule has 1 saturated heterocycles. The third-order valence-electron chi connectivity index (χ3n) is 6.29. The summed E-state index contributed by atoms with van der Waals surface area (Å²) in [5.74, 6) is 1.56. The third-order valence-corrected chi connectivity index (χ3v) is 6.78. The summed E-state index contributed by atoms with van der Waals surface area (Å²) in [6, 6.07) is 16.4. The van der Waals surface area contributed by atoms with Gasteiger partial charge in [0, 0.05) is 27.7 Å². The predicted molar refractivity (Wildman–Crippen MR) is 123 cm³/mol. The van der Waals surface area contributed by atoms with E-state index >= 15 is 0 Å². The number of benzene rings is 2. The van der Waals surface area contributed by atoms with Crippen molar-refractivity contribution >= 4 is 27.5 Å². The van der Waals surface area contributed by atoms with Gasteiger partial charge in [0.05, 0.1) is 6.54 Å². The maximum Gasteiger partial charge on any atom is 0.241 e. The van der Waals surface area contributed by atoms with E-state index in [1.807, 2.05) is 35.2 Å². The van der Waals surface area contributed by atoms with Crippen LogP contribution in [-0.2, 0) is 17.8 Å². The number of aromatic nitrogens is 2. The Balaban J connectivity index is 1.19. The fourth-order valence-corrected chi connectivity index (χ4v) is 5.09. The Bertz CT molecular complexity index is 1090. The molecule has 1 amide bonds. The number of para-hydroxylation sites is 1. The van der Waals surface area contributed by atoms with Gasteiger partial charge in [-0.2, -0.15) is 4.98 Å². The van der Waals surface area contributed by atoms with E-state index in [4.69, 9.17) is 4.52 Å². The summed E-state index contributed by atoms with van der Waals surface area (Å²) in [4.78, 5) is 22.2. The predicted octanol–water partition coefficient (Wildman–Crippen LogP) is 4.69. The average Bonchev–Trinajstić information content (AvgIpc) is 3.37. The molecule has 3 heterocycles. The lowest BCUT2D eigenvalue weighted by molar-refractivity contribution is -0.124. The van der Waals surface area contributed by atoms with Crippen molar-refractivity contribution in [1.82, 2.24) is 15.0 Å². The molecule has 2 aliphatic rings. The van der Waals surface area contributed by atoms with E-state index < -0.39 is 0 Å². The Labute approximate surface area is 190 Å². The molecular formula is C24H25BrN4O2. The summed E-state index contributed by atoms with van der Waals surface area (Å²) < 4.78 is 6.46. The van der Waals surface area contributed by atoms with Crippen LogP contribution in [0.2, 0.25) is 0 Å². The van der Waals surface area contributed by atoms with Crippen LogP contribution in [0.25, 0.3) is 11.4 Å². The van der Waals surface area contributed by atoms with Crippen LogP contribution in [0, 0.1) is 5.92 Å². The zero-order valence-electron chi connectivity index (χ0n) is 17.5. The van der Waals surface area contributed by atoms with Gasteiger partial charge in [0.15, 0.2) is 0 Å². The van der Waals surface area contributed by atoms with Crippen molar-refractivity contribution in [3.05, 3.63) is 64.5 Å². The maximum absolute atomic E-state index is 13.3. The normalized spacial score (nSPS) is 19.5. The number of piperidine rings is 1. The van der Waals surface area contributed by atoms with E-state index in [2.05, 4.69) is 56.1 Å². The number of anilines is 1. The average molecular weight is 481 g/mol. The lowest BCUT2D eigenvalue weighted by Gasteiger charge is -2.34. The summed E-state index contributed by atoms with van der Waals surface area (Å²) in [6.45, 7) is 4.47. The number of rotatable bonds is 4. The molecular weight excluding hydrogens is 456 g/mol. The van der Waals surface area contributed by atoms with Gasteiger partial charge in [-0.3, -0.25) is 9.69 Å². The molecule has 1 aromatic heterocycles. The number of likely N-dealkylation sites (tertiary alicyclic amines) is 1. The molecule has 6 nitrogen and oxygen atoms in total. The summed E-state index contributed by atoms with van der Waals surface area (Å²) in [6.07, 6.45) is 2.66. The minimum Gasteiger partial charge on any atom is -0.338 e. The highest BCUT2D eigenvalue weighted by Gasteiger charge is 2.36. The highest BCUT2D eigenvalue weighted by molar-refractivity contribution is 9.10. The molecule has 7 heteroatoms. The molecule has 3 aromatic rings. The van der Waals surface area contributed by atoms with Crippen molar-refractivity contribution < 1.29 is 9.32 Å². The molecule has 2 aromatic carbocycles. The molecule has 0 aliphatic carbocycles. The van der Waals surface area contributed by atoms with Crippen molar-refractivity contribution in [1.29, 1.82) is 0 Å². The van der Waals surface area contributed by atoms with Gasteiger partial charge in [-0.25, -0.2) is 0 Å². The van der Waals surface area contributed by atoms with Gasteiger partial charge in [0.25, 0.3) is 0 Å². The summed E-state index contributed by atoms with van der Waals surface area (Å²) in [5.41, 5.74) is 3.29. The van der Waals surface area contributed by atoms with Crippen LogP contribution < -0.4 is 4.90 Å². The lowest BCUT2D eigenvalue weighted by Crippen LogP contribution is -2.44. The van der Waals surface area contributed by atoms with Crippen LogP contribution >= 0.6 is 15.9 Å². The number of halogens is 1. The molecule has 31 heavy (non-hydrogen) atoms. The van der Waals surface area contributed by atoms with Crippen LogP contribution in [0.1, 0.15) is 31.2 Å². The molecule has 0 saturated carbocycles. The molecule has 1 unspecified atom stereocenters. The molecule has 0 spiro atoms. The fraction of sp³-hybridized carbons (Fsp3) is 0.375. The molecule has 5 rings (SSSR count). The van der Waals surface area contributed by atoms with Crippen LogP contribution in [0.4, 0.5) is 5.69 Å². The number of amides is 1. The minimum absolute atomic E-state index is 0.0739. The number of nitrogens with zero attached hydrogens (tertiary/aromatic N) is 4. The highest BCUT2D eigenvalue weighted by Crippen LogP contribution is 2.34. The standard InChI is InChI=1S/C24H25BrN4O2/c1-16-13-18-5-2-3-8-21(18)29(16)24(30)17-9-11-28(12-10-17)15-22-26-23(27-31-22)19-6-4-7-20(25)14-19/h2-8,14,16-17H,9-13,15H2,1H3. The van der Waals surface area contributed by atoms with Gasteiger partial charge >= 0.3 is 0 Å². The Morgan fingerprint density at radius 1 is 1.16 bits per heavy atom. The quantitative estimate of drug-likeness (QED) is 0.541. The van der Waals surface area contributed by atoms with E-state index in [1.165, 1.54) is 5.56 Å². The smallest absolute Gasteiger partial charge is 0.241 e. The first kappa shape index (κ1) is 20.4. The van der Waals surface area contributed by atoms with Gasteiger partial charge in [-0.05, 0) is 63.0 Å². The van der Waals surface area contributed by atoms with Crippen molar-refractivity contribution in [2.24, 2.45) is 5.92 Å². The molecule has 1 atom stereocenters. The van der Waals surface area contributed by atoms with Gasteiger partial charge in [0.1, 0.15) is 0 Å². The monoisotopic (exact) mass is 480 g/mol. The number of carbonyl (C=O) groups excluding carboxylic acids is 1. The molecule has 1 fully saturated rings. The molecule has 0 radical (unpaired) electrons. The van der Waals surface area contributed by atoms with E-state index in [0.29, 0.717) is 18.3 Å². The maximum atomic E-state index is 13.3. The molecule has 2 aliphatic heterocycles. The highest BCUT2D eigenvalue weighted by atomic mass is 79.9. The number of carbonyl (C=O) groups is 1. The van der Waals surface area contributed by atoms with E-state index in [1.54, 1.807) is 0 Å². The van der Waals surface area contributed by atoms with E-state index in [9.17, 15) is 4.79 Å². The summed E-state index contributed by atoms with van der Waals surface area (Å²) in [5, 5.41) is 4.12. The van der Waals surface area contributed by atoms with Gasteiger partial charge in [-0.15, -0.1) is 0 Å². The zero-order chi connectivity index (χ0) is 21.4. The Morgan fingerprint density at radius 2 is 1.97 bits per heavy atom. The first-order chi connectivity index (χ1) is 15.1. The molecule has 0 N–H and O–H groups in total. The third kappa shape index (κ3) is 4.16. The first-order valence-corrected chi connectivity index (χ1v) is 11.6. The second kappa shape index (κ2) is 8.55. The van der Waals surface area contributed by atoms with E-state index in [0.717, 1.165) is 48.1 Å². The SMILES string of the molecule is CC1Cc2ccccc2N1C(=O)C1CCN(Cc2nc(-c3cccc(Br)c3)no2)CC1. The largest absolute Gasteiger partial charge is 0.338 e. The van der Waals surface area contributed by atoms with Crippen LogP contribution in [-0.4, -0.2) is 40.1 Å². The Hall–Kier alpha value is -2.51. The lowest BCUT2D eigenvalue weighted by atomic mass is 9.95. The fourth-order valence-electron chi connectivity index (χ4n) is 4.69. The Kier molecular flexibility index (Phi) is 5.63. The Morgan fingerprint density at radius 3 is 2.77 bits per heavy atom. The van der Waals surface area contributed by atoms with Crippen LogP contribution in [0.3, 0.4) is 0 Å². The van der Waals surface area contributed by atoms with Crippen molar-refractivity contribution in [3.8, 4) is 11.4 Å².